The van der Waals surface area contributed by atoms with Crippen molar-refractivity contribution in [2.75, 3.05) is 5.32 Å². The van der Waals surface area contributed by atoms with Crippen molar-refractivity contribution < 1.29 is 19.8 Å². The molecule has 0 unspecified atom stereocenters. The van der Waals surface area contributed by atoms with Crippen LogP contribution in [-0.4, -0.2) is 27.1 Å². The predicted molar refractivity (Wildman–Crippen MR) is 128 cm³/mol. The average Bonchev–Trinajstić information content (AvgIpc) is 2.84. The Morgan fingerprint density at radius 3 is 2.48 bits per heavy atom. The highest BCUT2D eigenvalue weighted by molar-refractivity contribution is 6.12. The van der Waals surface area contributed by atoms with Gasteiger partial charge >= 0.3 is 5.97 Å². The zero-order chi connectivity index (χ0) is 22.9. The molecule has 1 aromatic heterocycles. The van der Waals surface area contributed by atoms with Crippen LogP contribution in [0.5, 0.6) is 5.88 Å². The van der Waals surface area contributed by atoms with Gasteiger partial charge in [0.2, 0.25) is 5.88 Å². The summed E-state index contributed by atoms with van der Waals surface area (Å²) in [6.07, 6.45) is 4.70. The normalized spacial score (nSPS) is 13.5. The zero-order valence-electron chi connectivity index (χ0n) is 17.6. The molecular weight excluding hydrogens is 416 g/mol. The summed E-state index contributed by atoms with van der Waals surface area (Å²) in [5, 5.41) is 25.2. The van der Waals surface area contributed by atoms with Crippen molar-refractivity contribution in [2.24, 2.45) is 0 Å². The van der Waals surface area contributed by atoms with Gasteiger partial charge in [0.15, 0.2) is 0 Å². The summed E-state index contributed by atoms with van der Waals surface area (Å²) in [6, 6.07) is 19.9. The molecule has 4 aromatic rings. The van der Waals surface area contributed by atoms with E-state index < -0.39 is 5.97 Å². The smallest absolute Gasteiger partial charge is 0.335 e. The Bertz CT molecular complexity index is 1500. The number of carbonyl (C=O) groups excluding carboxylic acids is 1. The molecular formula is C27H20N2O4. The predicted octanol–water partition coefficient (Wildman–Crippen LogP) is 5.53. The van der Waals surface area contributed by atoms with Gasteiger partial charge in [0.1, 0.15) is 0 Å². The van der Waals surface area contributed by atoms with E-state index in [1.807, 2.05) is 36.4 Å². The first-order valence-corrected chi connectivity index (χ1v) is 10.6. The Kier molecular flexibility index (Phi) is 5.11. The molecule has 3 N–H and O–H groups in total. The summed E-state index contributed by atoms with van der Waals surface area (Å²) in [4.78, 5) is 29.2. The van der Waals surface area contributed by atoms with Crippen LogP contribution >= 0.6 is 0 Å². The Labute approximate surface area is 189 Å². The number of benzene rings is 3. The second-order valence-electron chi connectivity index (χ2n) is 7.85. The van der Waals surface area contributed by atoms with Gasteiger partial charge in [-0.05, 0) is 53.6 Å². The molecule has 0 atom stereocenters. The first-order valence-electron chi connectivity index (χ1n) is 10.6. The molecule has 162 valence electrons. The van der Waals surface area contributed by atoms with E-state index in [1.54, 1.807) is 42.5 Å². The number of carboxylic acids is 1. The molecule has 0 saturated carbocycles. The van der Waals surface area contributed by atoms with E-state index in [0.29, 0.717) is 39.7 Å². The van der Waals surface area contributed by atoms with Crippen LogP contribution in [-0.2, 0) is 4.79 Å². The van der Waals surface area contributed by atoms with Crippen LogP contribution in [0.25, 0.3) is 27.2 Å². The zero-order valence-corrected chi connectivity index (χ0v) is 17.6. The average molecular weight is 436 g/mol. The van der Waals surface area contributed by atoms with Crippen molar-refractivity contribution in [2.45, 2.75) is 12.8 Å². The van der Waals surface area contributed by atoms with Gasteiger partial charge in [0.05, 0.1) is 11.1 Å². The lowest BCUT2D eigenvalue weighted by atomic mass is 9.88. The van der Waals surface area contributed by atoms with E-state index in [9.17, 15) is 19.8 Å². The molecule has 0 bridgehead atoms. The number of amides is 1. The van der Waals surface area contributed by atoms with Crippen LogP contribution in [0.2, 0.25) is 0 Å². The van der Waals surface area contributed by atoms with Gasteiger partial charge in [-0.1, -0.05) is 54.6 Å². The molecule has 0 aliphatic heterocycles. The van der Waals surface area contributed by atoms with E-state index in [0.717, 1.165) is 17.2 Å². The van der Waals surface area contributed by atoms with E-state index in [2.05, 4.69) is 10.3 Å². The van der Waals surface area contributed by atoms with Gasteiger partial charge in [0.25, 0.3) is 5.91 Å². The summed E-state index contributed by atoms with van der Waals surface area (Å²) in [5.41, 5.74) is 2.95. The van der Waals surface area contributed by atoms with Gasteiger partial charge in [-0.15, -0.1) is 0 Å². The number of aromatic nitrogens is 1. The highest BCUT2D eigenvalue weighted by Crippen LogP contribution is 2.33. The highest BCUT2D eigenvalue weighted by Gasteiger charge is 2.21. The monoisotopic (exact) mass is 436 g/mol. The number of hydrogen-bond donors (Lipinski definition) is 3. The van der Waals surface area contributed by atoms with Crippen molar-refractivity contribution in [3.63, 3.8) is 0 Å². The Balaban J connectivity index is 1.53. The number of hydrogen-bond acceptors (Lipinski definition) is 4. The Morgan fingerprint density at radius 2 is 1.67 bits per heavy atom. The second-order valence-corrected chi connectivity index (χ2v) is 7.85. The van der Waals surface area contributed by atoms with Crippen LogP contribution < -0.4 is 5.32 Å². The molecule has 1 heterocycles. The minimum absolute atomic E-state index is 0.0644. The first-order chi connectivity index (χ1) is 16.0. The molecule has 6 nitrogen and oxygen atoms in total. The number of anilines is 1. The summed E-state index contributed by atoms with van der Waals surface area (Å²) in [5.74, 6) is -1.42. The lowest BCUT2D eigenvalue weighted by molar-refractivity contribution is -0.132. The minimum Gasteiger partial charge on any atom is -0.493 e. The summed E-state index contributed by atoms with van der Waals surface area (Å²) in [6.45, 7) is 0. The maximum atomic E-state index is 13.2. The van der Waals surface area contributed by atoms with Crippen LogP contribution in [0.3, 0.4) is 0 Å². The Hall–Kier alpha value is -4.45. The lowest BCUT2D eigenvalue weighted by Gasteiger charge is -2.17. The molecule has 6 heteroatoms. The van der Waals surface area contributed by atoms with Crippen LogP contribution in [0, 0.1) is 0 Å². The lowest BCUT2D eigenvalue weighted by Crippen LogP contribution is -2.15. The van der Waals surface area contributed by atoms with E-state index in [4.69, 9.17) is 0 Å². The van der Waals surface area contributed by atoms with Gasteiger partial charge < -0.3 is 15.5 Å². The molecule has 0 spiro atoms. The number of pyridine rings is 1. The summed E-state index contributed by atoms with van der Waals surface area (Å²) >= 11 is 0. The van der Waals surface area contributed by atoms with Crippen molar-refractivity contribution in [1.82, 2.24) is 4.98 Å². The molecule has 5 rings (SSSR count). The van der Waals surface area contributed by atoms with Crippen molar-refractivity contribution in [3.8, 4) is 5.88 Å². The fourth-order valence-corrected chi connectivity index (χ4v) is 4.30. The fraction of sp³-hybridized carbons (Fsp3) is 0.0741. The van der Waals surface area contributed by atoms with Crippen molar-refractivity contribution in [1.29, 1.82) is 0 Å². The van der Waals surface area contributed by atoms with Gasteiger partial charge in [-0.3, -0.25) is 4.79 Å². The van der Waals surface area contributed by atoms with Crippen molar-refractivity contribution >= 4 is 44.8 Å². The van der Waals surface area contributed by atoms with Gasteiger partial charge in [0, 0.05) is 22.0 Å². The molecule has 1 aliphatic rings. The third-order valence-electron chi connectivity index (χ3n) is 5.84. The SMILES string of the molecule is O=C(O)C1=C(c2ccccc2C(=O)Nc2ccc3c(c2)nc(O)c2ccccc23)CCC=C1. The molecule has 3 aromatic carbocycles. The fourth-order valence-electron chi connectivity index (χ4n) is 4.30. The maximum absolute atomic E-state index is 13.2. The van der Waals surface area contributed by atoms with Crippen LogP contribution in [0.4, 0.5) is 5.69 Å². The number of fused-ring (bicyclic) bond motifs is 3. The molecule has 33 heavy (non-hydrogen) atoms. The number of rotatable bonds is 4. The number of nitrogens with one attached hydrogen (secondary N) is 1. The van der Waals surface area contributed by atoms with Gasteiger partial charge in [-0.2, -0.15) is 0 Å². The van der Waals surface area contributed by atoms with Crippen LogP contribution in [0.1, 0.15) is 28.8 Å². The second kappa shape index (κ2) is 8.24. The molecule has 1 amide bonds. The first kappa shape index (κ1) is 20.5. The standard InChI is InChI=1S/C27H20N2O4/c30-25(21-10-4-1-7-17(21)18-8-3-6-12-23(18)27(32)33)28-16-13-14-20-19-9-2-5-11-22(19)26(31)29-24(20)15-16/h1-2,4-7,9-15H,3,8H2,(H,28,30)(H,29,31)(H,32,33). The van der Waals surface area contributed by atoms with Crippen LogP contribution in [0.15, 0.2) is 84.5 Å². The number of carbonyl (C=O) groups is 2. The number of aliphatic carboxylic acids is 1. The Morgan fingerprint density at radius 1 is 0.909 bits per heavy atom. The molecule has 0 radical (unpaired) electrons. The summed E-state index contributed by atoms with van der Waals surface area (Å²) in [7, 11) is 0. The number of nitrogens with zero attached hydrogens (tertiary/aromatic N) is 1. The van der Waals surface area contributed by atoms with E-state index >= 15 is 0 Å². The number of aromatic hydroxyl groups is 1. The molecule has 1 aliphatic carbocycles. The van der Waals surface area contributed by atoms with Crippen molar-refractivity contribution in [3.05, 3.63) is 95.6 Å². The number of allylic oxidation sites excluding steroid dienone is 2. The molecule has 0 fully saturated rings. The van der Waals surface area contributed by atoms with E-state index in [1.165, 1.54) is 0 Å². The highest BCUT2D eigenvalue weighted by atomic mass is 16.4. The summed E-state index contributed by atoms with van der Waals surface area (Å²) < 4.78 is 0. The topological polar surface area (TPSA) is 99.5 Å². The molecule has 0 saturated heterocycles. The third kappa shape index (κ3) is 3.72. The third-order valence-corrected chi connectivity index (χ3v) is 5.84. The van der Waals surface area contributed by atoms with E-state index in [-0.39, 0.29) is 17.4 Å². The van der Waals surface area contributed by atoms with Gasteiger partial charge in [-0.25, -0.2) is 9.78 Å². The largest absolute Gasteiger partial charge is 0.493 e. The quantitative estimate of drug-likeness (QED) is 0.365. The maximum Gasteiger partial charge on any atom is 0.335 e. The minimum atomic E-state index is -1.01. The number of carboxylic acid groups (broad SMARTS) is 1.